The number of nitrogens with one attached hydrogen (secondary N) is 2. The Hall–Kier alpha value is -1.95. The average molecular weight is 355 g/mol. The zero-order valence-electron chi connectivity index (χ0n) is 11.4. The highest BCUT2D eigenvalue weighted by molar-refractivity contribution is 9.10. The Labute approximate surface area is 129 Å². The smallest absolute Gasteiger partial charge is 0.255 e. The maximum atomic E-state index is 13.6. The van der Waals surface area contributed by atoms with Crippen LogP contribution in [-0.2, 0) is 0 Å². The van der Waals surface area contributed by atoms with Gasteiger partial charge in [0.05, 0.1) is 0 Å². The number of carbonyl (C=O) groups excluding carboxylic acids is 1. The van der Waals surface area contributed by atoms with Gasteiger partial charge in [0.1, 0.15) is 17.3 Å². The molecule has 0 fully saturated rings. The summed E-state index contributed by atoms with van der Waals surface area (Å²) in [6.07, 6.45) is 0. The van der Waals surface area contributed by atoms with Crippen molar-refractivity contribution in [3.05, 3.63) is 57.6 Å². The van der Waals surface area contributed by atoms with Crippen molar-refractivity contribution >= 4 is 33.2 Å². The van der Waals surface area contributed by atoms with Crippen LogP contribution in [0.1, 0.15) is 15.9 Å². The summed E-state index contributed by atoms with van der Waals surface area (Å²) in [6, 6.07) is 7.35. The monoisotopic (exact) mass is 354 g/mol. The van der Waals surface area contributed by atoms with Crippen LogP contribution in [-0.4, -0.2) is 13.0 Å². The molecule has 0 aliphatic carbocycles. The van der Waals surface area contributed by atoms with Crippen LogP contribution in [0.2, 0.25) is 0 Å². The van der Waals surface area contributed by atoms with Crippen molar-refractivity contribution in [3.8, 4) is 0 Å². The molecule has 0 aliphatic heterocycles. The van der Waals surface area contributed by atoms with Crippen LogP contribution in [0.15, 0.2) is 34.8 Å². The lowest BCUT2D eigenvalue weighted by atomic mass is 10.1. The van der Waals surface area contributed by atoms with E-state index in [-0.39, 0.29) is 11.3 Å². The Kier molecular flexibility index (Phi) is 4.57. The molecule has 6 heteroatoms. The molecule has 0 saturated heterocycles. The summed E-state index contributed by atoms with van der Waals surface area (Å²) >= 11 is 3.32. The van der Waals surface area contributed by atoms with Gasteiger partial charge in [-0.15, -0.1) is 0 Å². The molecule has 3 nitrogen and oxygen atoms in total. The molecule has 2 N–H and O–H groups in total. The molecule has 2 rings (SSSR count). The number of carbonyl (C=O) groups is 1. The largest absolute Gasteiger partial charge is 0.383 e. The first-order valence-electron chi connectivity index (χ1n) is 6.16. The zero-order valence-corrected chi connectivity index (χ0v) is 13.0. The molecule has 0 aliphatic rings. The Balaban J connectivity index is 2.28. The number of hydrogen-bond donors (Lipinski definition) is 2. The van der Waals surface area contributed by atoms with Gasteiger partial charge in [0.25, 0.3) is 5.91 Å². The quantitative estimate of drug-likeness (QED) is 0.861. The van der Waals surface area contributed by atoms with E-state index in [9.17, 15) is 13.6 Å². The zero-order chi connectivity index (χ0) is 15.6. The first-order chi connectivity index (χ1) is 9.90. The lowest BCUT2D eigenvalue weighted by molar-refractivity contribution is 0.102. The fraction of sp³-hybridized carbons (Fsp3) is 0.133. The summed E-state index contributed by atoms with van der Waals surface area (Å²) in [5.74, 6) is -2.20. The van der Waals surface area contributed by atoms with E-state index in [1.54, 1.807) is 12.1 Å². The summed E-state index contributed by atoms with van der Waals surface area (Å²) in [4.78, 5) is 12.1. The fourth-order valence-corrected chi connectivity index (χ4v) is 2.56. The van der Waals surface area contributed by atoms with E-state index in [0.29, 0.717) is 5.69 Å². The molecular formula is C15H13BrF2N2O. The molecule has 0 unspecified atom stereocenters. The molecule has 2 aromatic carbocycles. The Morgan fingerprint density at radius 1 is 1.10 bits per heavy atom. The highest BCUT2D eigenvalue weighted by Crippen LogP contribution is 2.22. The lowest BCUT2D eigenvalue weighted by Crippen LogP contribution is -2.13. The number of aryl methyl sites for hydroxylation is 1. The third kappa shape index (κ3) is 3.58. The van der Waals surface area contributed by atoms with Crippen LogP contribution in [0.4, 0.5) is 20.2 Å². The van der Waals surface area contributed by atoms with E-state index in [0.717, 1.165) is 22.2 Å². The molecule has 0 heterocycles. The normalized spacial score (nSPS) is 10.3. The van der Waals surface area contributed by atoms with Gasteiger partial charge < -0.3 is 10.6 Å². The summed E-state index contributed by atoms with van der Waals surface area (Å²) < 4.78 is 28.1. The van der Waals surface area contributed by atoms with E-state index < -0.39 is 17.5 Å². The summed E-state index contributed by atoms with van der Waals surface area (Å²) in [7, 11) is 1.41. The highest BCUT2D eigenvalue weighted by atomic mass is 79.9. The van der Waals surface area contributed by atoms with Crippen LogP contribution in [0.3, 0.4) is 0 Å². The molecule has 0 radical (unpaired) electrons. The Bertz CT molecular complexity index is 661. The number of hydrogen-bond acceptors (Lipinski definition) is 2. The second-order valence-corrected chi connectivity index (χ2v) is 5.45. The van der Waals surface area contributed by atoms with Crippen molar-refractivity contribution in [2.75, 3.05) is 17.7 Å². The van der Waals surface area contributed by atoms with Crippen LogP contribution in [0.5, 0.6) is 0 Å². The summed E-state index contributed by atoms with van der Waals surface area (Å²) in [5.41, 5.74) is 1.15. The van der Waals surface area contributed by atoms with E-state index in [1.807, 2.05) is 13.0 Å². The van der Waals surface area contributed by atoms with Crippen LogP contribution in [0.25, 0.3) is 0 Å². The second-order valence-electron chi connectivity index (χ2n) is 4.54. The van der Waals surface area contributed by atoms with Gasteiger partial charge in [-0.3, -0.25) is 4.79 Å². The minimum Gasteiger partial charge on any atom is -0.383 e. The predicted molar refractivity (Wildman–Crippen MR) is 82.7 cm³/mol. The molecule has 0 aromatic heterocycles. The third-order valence-electron chi connectivity index (χ3n) is 2.85. The van der Waals surface area contributed by atoms with E-state index in [1.165, 1.54) is 7.05 Å². The van der Waals surface area contributed by atoms with Gasteiger partial charge in [-0.2, -0.15) is 0 Å². The molecule has 2 aromatic rings. The first-order valence-corrected chi connectivity index (χ1v) is 6.95. The van der Waals surface area contributed by atoms with Gasteiger partial charge in [-0.25, -0.2) is 8.78 Å². The molecule has 110 valence electrons. The van der Waals surface area contributed by atoms with Gasteiger partial charge in [0, 0.05) is 22.8 Å². The molecule has 0 saturated carbocycles. The standard InChI is InChI=1S/C15H13BrF2N2O/c1-8-3-10(16)7-11(4-8)20-15(21)9-5-12(17)14(19-2)13(18)6-9/h3-7,19H,1-2H3,(H,20,21). The topological polar surface area (TPSA) is 41.1 Å². The van der Waals surface area contributed by atoms with E-state index >= 15 is 0 Å². The number of amides is 1. The van der Waals surface area contributed by atoms with Crippen LogP contribution in [0, 0.1) is 18.6 Å². The second kappa shape index (κ2) is 6.22. The molecule has 1 amide bonds. The van der Waals surface area contributed by atoms with Crippen LogP contribution >= 0.6 is 15.9 Å². The van der Waals surface area contributed by atoms with E-state index in [4.69, 9.17) is 0 Å². The maximum absolute atomic E-state index is 13.6. The molecular weight excluding hydrogens is 342 g/mol. The van der Waals surface area contributed by atoms with E-state index in [2.05, 4.69) is 26.6 Å². The summed E-state index contributed by atoms with van der Waals surface area (Å²) in [6.45, 7) is 1.88. The molecule has 21 heavy (non-hydrogen) atoms. The SMILES string of the molecule is CNc1c(F)cc(C(=O)Nc2cc(C)cc(Br)c2)cc1F. The third-order valence-corrected chi connectivity index (χ3v) is 3.31. The van der Waals surface area contributed by atoms with Crippen molar-refractivity contribution < 1.29 is 13.6 Å². The van der Waals surface area contributed by atoms with Crippen LogP contribution < -0.4 is 10.6 Å². The Morgan fingerprint density at radius 3 is 2.24 bits per heavy atom. The lowest BCUT2D eigenvalue weighted by Gasteiger charge is -2.09. The number of rotatable bonds is 3. The maximum Gasteiger partial charge on any atom is 0.255 e. The molecule has 0 spiro atoms. The number of benzene rings is 2. The van der Waals surface area contributed by atoms with Gasteiger partial charge in [-0.05, 0) is 42.8 Å². The fourth-order valence-electron chi connectivity index (χ4n) is 1.95. The van der Waals surface area contributed by atoms with Gasteiger partial charge >= 0.3 is 0 Å². The van der Waals surface area contributed by atoms with Crippen molar-refractivity contribution in [3.63, 3.8) is 0 Å². The number of anilines is 2. The predicted octanol–water partition coefficient (Wildman–Crippen LogP) is 4.33. The van der Waals surface area contributed by atoms with Crippen molar-refractivity contribution in [1.29, 1.82) is 0 Å². The first kappa shape index (κ1) is 15.4. The van der Waals surface area contributed by atoms with Crippen molar-refractivity contribution in [2.45, 2.75) is 6.92 Å². The summed E-state index contributed by atoms with van der Waals surface area (Å²) in [5, 5.41) is 5.02. The number of halogens is 3. The van der Waals surface area contributed by atoms with Crippen molar-refractivity contribution in [1.82, 2.24) is 0 Å². The minimum absolute atomic E-state index is 0.0818. The van der Waals surface area contributed by atoms with Gasteiger partial charge in [0.15, 0.2) is 0 Å². The highest BCUT2D eigenvalue weighted by Gasteiger charge is 2.14. The van der Waals surface area contributed by atoms with Crippen molar-refractivity contribution in [2.24, 2.45) is 0 Å². The average Bonchev–Trinajstić information content (AvgIpc) is 2.36. The molecule has 0 bridgehead atoms. The molecule has 0 atom stereocenters. The van der Waals surface area contributed by atoms with Gasteiger partial charge in [0.2, 0.25) is 0 Å². The van der Waals surface area contributed by atoms with Gasteiger partial charge in [-0.1, -0.05) is 15.9 Å². The Morgan fingerprint density at radius 2 is 1.71 bits per heavy atom. The minimum atomic E-state index is -0.812.